The van der Waals surface area contributed by atoms with E-state index in [4.69, 9.17) is 4.37 Å². The molecule has 0 N–H and O–H groups in total. The average Bonchev–Trinajstić information content (AvgIpc) is 3.22. The van der Waals surface area contributed by atoms with Gasteiger partial charge in [-0.3, -0.25) is 9.69 Å². The van der Waals surface area contributed by atoms with Crippen molar-refractivity contribution in [1.29, 1.82) is 0 Å². The minimum Gasteiger partial charge on any atom is -0.353 e. The van der Waals surface area contributed by atoms with E-state index in [9.17, 15) is 4.79 Å². The molecule has 0 aliphatic carbocycles. The van der Waals surface area contributed by atoms with Crippen molar-refractivity contribution in [2.75, 3.05) is 37.6 Å². The third kappa shape index (κ3) is 3.85. The summed E-state index contributed by atoms with van der Waals surface area (Å²) in [5.74, 6) is 1.14. The Labute approximate surface area is 180 Å². The molecule has 0 unspecified atom stereocenters. The van der Waals surface area contributed by atoms with E-state index in [1.54, 1.807) is 17.6 Å². The van der Waals surface area contributed by atoms with Gasteiger partial charge in [-0.05, 0) is 60.6 Å². The van der Waals surface area contributed by atoms with Gasteiger partial charge in [0.1, 0.15) is 5.82 Å². The zero-order valence-corrected chi connectivity index (χ0v) is 17.9. The molecule has 1 aliphatic heterocycles. The number of aryl methyl sites for hydroxylation is 1. The van der Waals surface area contributed by atoms with Crippen molar-refractivity contribution in [3.8, 4) is 0 Å². The largest absolute Gasteiger partial charge is 0.353 e. The van der Waals surface area contributed by atoms with Crippen LogP contribution in [-0.2, 0) is 6.54 Å². The van der Waals surface area contributed by atoms with Crippen LogP contribution < -0.4 is 10.5 Å². The molecule has 1 saturated heterocycles. The van der Waals surface area contributed by atoms with Gasteiger partial charge in [-0.1, -0.05) is 30.3 Å². The Kier molecular flexibility index (Phi) is 5.51. The van der Waals surface area contributed by atoms with E-state index in [0.717, 1.165) is 68.8 Å². The van der Waals surface area contributed by atoms with E-state index >= 15 is 0 Å². The number of benzene rings is 2. The first kappa shape index (κ1) is 19.3. The summed E-state index contributed by atoms with van der Waals surface area (Å²) < 4.78 is 7.88. The fourth-order valence-corrected chi connectivity index (χ4v) is 5.16. The number of nitrogens with zero attached hydrogens (tertiary/aromatic N) is 4. The number of aromatic nitrogens is 2. The summed E-state index contributed by atoms with van der Waals surface area (Å²) in [6.45, 7) is 6.06. The topological polar surface area (TPSA) is 41.4 Å². The summed E-state index contributed by atoms with van der Waals surface area (Å²) >= 11 is 1.59. The molecule has 154 valence electrons. The first-order valence-electron chi connectivity index (χ1n) is 10.7. The van der Waals surface area contributed by atoms with Crippen LogP contribution in [0.1, 0.15) is 12.8 Å². The van der Waals surface area contributed by atoms with E-state index in [0.29, 0.717) is 0 Å². The van der Waals surface area contributed by atoms with Crippen molar-refractivity contribution in [2.45, 2.75) is 19.4 Å². The predicted octanol–water partition coefficient (Wildman–Crippen LogP) is 4.21. The molecule has 1 fully saturated rings. The number of anilines is 1. The van der Waals surface area contributed by atoms with Gasteiger partial charge in [-0.15, -0.1) is 0 Å². The van der Waals surface area contributed by atoms with Crippen molar-refractivity contribution >= 4 is 38.3 Å². The third-order valence-electron chi connectivity index (χ3n) is 6.04. The Bertz CT molecular complexity index is 1210. The summed E-state index contributed by atoms with van der Waals surface area (Å²) in [4.78, 5) is 17.3. The Morgan fingerprint density at radius 2 is 1.60 bits per heavy atom. The Hall–Kier alpha value is -2.70. The molecule has 0 bridgehead atoms. The second-order valence-electron chi connectivity index (χ2n) is 7.92. The average molecular weight is 419 g/mol. The second kappa shape index (κ2) is 8.58. The number of para-hydroxylation sites is 1. The molecule has 6 heteroatoms. The predicted molar refractivity (Wildman–Crippen MR) is 126 cm³/mol. The van der Waals surface area contributed by atoms with Gasteiger partial charge in [0.15, 0.2) is 0 Å². The Morgan fingerprint density at radius 3 is 2.50 bits per heavy atom. The van der Waals surface area contributed by atoms with Crippen molar-refractivity contribution in [3.63, 3.8) is 0 Å². The van der Waals surface area contributed by atoms with Crippen molar-refractivity contribution < 1.29 is 0 Å². The van der Waals surface area contributed by atoms with Crippen LogP contribution >= 0.6 is 11.5 Å². The van der Waals surface area contributed by atoms with Crippen LogP contribution in [0.25, 0.3) is 21.0 Å². The number of fused-ring (bicyclic) bond motifs is 2. The van der Waals surface area contributed by atoms with E-state index in [2.05, 4.69) is 40.1 Å². The van der Waals surface area contributed by atoms with Crippen LogP contribution in [0.15, 0.2) is 65.5 Å². The van der Waals surface area contributed by atoms with Gasteiger partial charge in [0, 0.05) is 44.2 Å². The number of hydrogen-bond acceptors (Lipinski definition) is 5. The molecule has 0 atom stereocenters. The lowest BCUT2D eigenvalue weighted by molar-refractivity contribution is 0.251. The summed E-state index contributed by atoms with van der Waals surface area (Å²) in [5.41, 5.74) is 1.13. The molecule has 3 heterocycles. The highest BCUT2D eigenvalue weighted by atomic mass is 32.1. The number of rotatable bonds is 6. The molecular weight excluding hydrogens is 392 g/mol. The van der Waals surface area contributed by atoms with Crippen molar-refractivity contribution in [2.24, 2.45) is 0 Å². The van der Waals surface area contributed by atoms with Crippen LogP contribution in [0.4, 0.5) is 5.82 Å². The van der Waals surface area contributed by atoms with Gasteiger partial charge in [0.05, 0.1) is 10.2 Å². The van der Waals surface area contributed by atoms with Gasteiger partial charge in [0.25, 0.3) is 5.56 Å². The number of hydrogen-bond donors (Lipinski definition) is 0. The van der Waals surface area contributed by atoms with Crippen LogP contribution in [0, 0.1) is 0 Å². The molecule has 0 saturated carbocycles. The Morgan fingerprint density at radius 1 is 0.833 bits per heavy atom. The number of pyridine rings is 1. The molecule has 0 radical (unpaired) electrons. The normalized spacial score (nSPS) is 15.3. The highest BCUT2D eigenvalue weighted by molar-refractivity contribution is 7.13. The zero-order chi connectivity index (χ0) is 20.3. The van der Waals surface area contributed by atoms with E-state index < -0.39 is 0 Å². The molecule has 2 aromatic carbocycles. The number of unbranched alkanes of at least 4 members (excludes halogenated alkanes) is 1. The molecule has 4 aromatic rings. The van der Waals surface area contributed by atoms with Crippen molar-refractivity contribution in [1.82, 2.24) is 13.8 Å². The minimum absolute atomic E-state index is 0.0952. The molecule has 5 rings (SSSR count). The van der Waals surface area contributed by atoms with E-state index in [1.807, 2.05) is 28.8 Å². The monoisotopic (exact) mass is 418 g/mol. The molecule has 30 heavy (non-hydrogen) atoms. The van der Waals surface area contributed by atoms with Gasteiger partial charge in [0.2, 0.25) is 0 Å². The van der Waals surface area contributed by atoms with Crippen molar-refractivity contribution in [3.05, 3.63) is 71.0 Å². The van der Waals surface area contributed by atoms with Gasteiger partial charge < -0.3 is 9.47 Å². The fraction of sp³-hybridized carbons (Fsp3) is 0.333. The lowest BCUT2D eigenvalue weighted by atomic mass is 10.2. The fourth-order valence-electron chi connectivity index (χ4n) is 4.36. The lowest BCUT2D eigenvalue weighted by Gasteiger charge is -2.35. The summed E-state index contributed by atoms with van der Waals surface area (Å²) in [6.07, 6.45) is 2.13. The maximum atomic E-state index is 12.3. The molecule has 2 aromatic heterocycles. The van der Waals surface area contributed by atoms with Gasteiger partial charge in [-0.25, -0.2) is 0 Å². The van der Waals surface area contributed by atoms with Crippen LogP contribution in [-0.4, -0.2) is 46.6 Å². The van der Waals surface area contributed by atoms with Crippen LogP contribution in [0.5, 0.6) is 0 Å². The van der Waals surface area contributed by atoms with E-state index in [1.165, 1.54) is 10.1 Å². The first-order valence-corrected chi connectivity index (χ1v) is 11.5. The van der Waals surface area contributed by atoms with E-state index in [-0.39, 0.29) is 5.56 Å². The van der Waals surface area contributed by atoms with Crippen LogP contribution in [0.2, 0.25) is 0 Å². The molecule has 0 amide bonds. The second-order valence-corrected chi connectivity index (χ2v) is 8.73. The SMILES string of the molecule is O=c1ccc2ccccc2n1CCCCN1CCN(c2nsc3ccccc23)CC1. The molecule has 0 spiro atoms. The highest BCUT2D eigenvalue weighted by Gasteiger charge is 2.20. The minimum atomic E-state index is 0.0952. The standard InChI is InChI=1S/C24H26N4OS/c29-23-12-11-19-7-1-3-9-21(19)28(23)14-6-5-13-26-15-17-27(18-16-26)24-20-8-2-4-10-22(20)30-25-24/h1-4,7-12H,5-6,13-18H2. The lowest BCUT2D eigenvalue weighted by Crippen LogP contribution is -2.46. The third-order valence-corrected chi connectivity index (χ3v) is 6.85. The number of piperazine rings is 1. The maximum Gasteiger partial charge on any atom is 0.251 e. The first-order chi connectivity index (χ1) is 14.8. The maximum absolute atomic E-state index is 12.3. The molecular formula is C24H26N4OS. The van der Waals surface area contributed by atoms with Crippen LogP contribution in [0.3, 0.4) is 0 Å². The summed E-state index contributed by atoms with van der Waals surface area (Å²) in [7, 11) is 0. The van der Waals surface area contributed by atoms with Gasteiger partial charge in [-0.2, -0.15) is 4.37 Å². The highest BCUT2D eigenvalue weighted by Crippen LogP contribution is 2.29. The van der Waals surface area contributed by atoms with Gasteiger partial charge >= 0.3 is 0 Å². The molecule has 1 aliphatic rings. The quantitative estimate of drug-likeness (QED) is 0.440. The zero-order valence-electron chi connectivity index (χ0n) is 17.0. The Balaban J connectivity index is 1.13. The summed E-state index contributed by atoms with van der Waals surface area (Å²) in [5, 5.41) is 2.40. The summed E-state index contributed by atoms with van der Waals surface area (Å²) in [6, 6.07) is 20.2. The smallest absolute Gasteiger partial charge is 0.251 e. The molecule has 5 nitrogen and oxygen atoms in total.